The number of methoxy groups -OCH3 is 1. The van der Waals surface area contributed by atoms with Gasteiger partial charge in [0, 0.05) is 17.7 Å². The minimum Gasteiger partial charge on any atom is -0.491 e. The van der Waals surface area contributed by atoms with Gasteiger partial charge in [-0.1, -0.05) is 11.6 Å². The summed E-state index contributed by atoms with van der Waals surface area (Å²) in [6.45, 7) is 5.08. The molecule has 2 nitrogen and oxygen atoms in total. The summed E-state index contributed by atoms with van der Waals surface area (Å²) in [5, 5.41) is 0.748. The quantitative estimate of drug-likeness (QED) is 0.718. The summed E-state index contributed by atoms with van der Waals surface area (Å²) in [6, 6.07) is 3.91. The molecule has 0 aliphatic carbocycles. The maximum atomic E-state index is 6.02. The molecule has 0 atom stereocenters. The third-order valence-corrected chi connectivity index (χ3v) is 2.38. The van der Waals surface area contributed by atoms with Crippen molar-refractivity contribution in [3.63, 3.8) is 0 Å². The Hall–Kier alpha value is -0.730. The maximum Gasteiger partial charge on any atom is 0.124 e. The van der Waals surface area contributed by atoms with Crippen molar-refractivity contribution in [2.75, 3.05) is 20.3 Å². The van der Waals surface area contributed by atoms with E-state index in [0.717, 1.165) is 21.9 Å². The molecule has 78 valence electrons. The Kier molecular flexibility index (Phi) is 4.23. The number of aryl methyl sites for hydroxylation is 1. The van der Waals surface area contributed by atoms with E-state index >= 15 is 0 Å². The van der Waals surface area contributed by atoms with Crippen LogP contribution in [0.15, 0.2) is 12.1 Å². The molecule has 1 aromatic carbocycles. The van der Waals surface area contributed by atoms with Gasteiger partial charge >= 0.3 is 0 Å². The van der Waals surface area contributed by atoms with Gasteiger partial charge in [0.2, 0.25) is 0 Å². The van der Waals surface area contributed by atoms with Crippen LogP contribution in [-0.4, -0.2) is 20.3 Å². The van der Waals surface area contributed by atoms with Crippen LogP contribution in [0.2, 0.25) is 5.02 Å². The maximum absolute atomic E-state index is 6.02. The van der Waals surface area contributed by atoms with E-state index in [4.69, 9.17) is 21.1 Å². The van der Waals surface area contributed by atoms with Gasteiger partial charge < -0.3 is 9.47 Å². The van der Waals surface area contributed by atoms with Gasteiger partial charge in [0.15, 0.2) is 0 Å². The Morgan fingerprint density at radius 2 is 1.93 bits per heavy atom. The van der Waals surface area contributed by atoms with Gasteiger partial charge in [-0.15, -0.1) is 0 Å². The molecule has 0 saturated carbocycles. The molecule has 0 aromatic heterocycles. The highest BCUT2D eigenvalue weighted by Gasteiger charge is 2.04. The van der Waals surface area contributed by atoms with E-state index in [1.54, 1.807) is 7.11 Å². The molecule has 1 rings (SSSR count). The number of ether oxygens (including phenoxy) is 2. The molecule has 0 spiro atoms. The lowest BCUT2D eigenvalue weighted by Crippen LogP contribution is -2.05. The molecule has 0 N–H and O–H groups in total. The Bertz CT molecular complexity index is 310. The Morgan fingerprint density at radius 3 is 2.57 bits per heavy atom. The van der Waals surface area contributed by atoms with Crippen molar-refractivity contribution in [1.82, 2.24) is 0 Å². The molecular weight excluding hydrogens is 200 g/mol. The molecule has 0 fully saturated rings. The van der Waals surface area contributed by atoms with E-state index in [1.165, 1.54) is 0 Å². The summed E-state index contributed by atoms with van der Waals surface area (Å²) in [4.78, 5) is 0. The van der Waals surface area contributed by atoms with Gasteiger partial charge in [-0.2, -0.15) is 0 Å². The SMILES string of the molecule is COCCOc1cc(C)cc(Cl)c1C. The zero-order chi connectivity index (χ0) is 10.6. The fraction of sp³-hybridized carbons (Fsp3) is 0.455. The Labute approximate surface area is 89.8 Å². The second-order valence-corrected chi connectivity index (χ2v) is 3.62. The van der Waals surface area contributed by atoms with Crippen molar-refractivity contribution in [1.29, 1.82) is 0 Å². The summed E-state index contributed by atoms with van der Waals surface area (Å²) in [5.41, 5.74) is 2.08. The minimum atomic E-state index is 0.553. The third kappa shape index (κ3) is 2.89. The van der Waals surface area contributed by atoms with Crippen LogP contribution in [0.25, 0.3) is 0 Å². The average Bonchev–Trinajstić information content (AvgIpc) is 2.13. The summed E-state index contributed by atoms with van der Waals surface area (Å²) in [5.74, 6) is 0.840. The van der Waals surface area contributed by atoms with E-state index < -0.39 is 0 Å². The molecular formula is C11H15ClO2. The zero-order valence-electron chi connectivity index (χ0n) is 8.76. The minimum absolute atomic E-state index is 0.553. The van der Waals surface area contributed by atoms with Crippen LogP contribution in [0.1, 0.15) is 11.1 Å². The van der Waals surface area contributed by atoms with Crippen molar-refractivity contribution in [3.05, 3.63) is 28.3 Å². The van der Waals surface area contributed by atoms with Crippen molar-refractivity contribution in [3.8, 4) is 5.75 Å². The zero-order valence-corrected chi connectivity index (χ0v) is 9.52. The van der Waals surface area contributed by atoms with E-state index in [0.29, 0.717) is 13.2 Å². The second kappa shape index (κ2) is 5.23. The molecule has 1 aromatic rings. The Balaban J connectivity index is 2.75. The number of benzene rings is 1. The predicted octanol–water partition coefficient (Wildman–Crippen LogP) is 2.98. The molecule has 0 bridgehead atoms. The Morgan fingerprint density at radius 1 is 1.21 bits per heavy atom. The lowest BCUT2D eigenvalue weighted by Gasteiger charge is -2.10. The van der Waals surface area contributed by atoms with Gasteiger partial charge in [-0.05, 0) is 31.5 Å². The predicted molar refractivity (Wildman–Crippen MR) is 58.3 cm³/mol. The highest BCUT2D eigenvalue weighted by molar-refractivity contribution is 6.31. The first-order valence-corrected chi connectivity index (χ1v) is 4.91. The van der Waals surface area contributed by atoms with Gasteiger partial charge in [-0.3, -0.25) is 0 Å². The first kappa shape index (κ1) is 11.3. The average molecular weight is 215 g/mol. The van der Waals surface area contributed by atoms with Crippen molar-refractivity contribution < 1.29 is 9.47 Å². The topological polar surface area (TPSA) is 18.5 Å². The summed E-state index contributed by atoms with van der Waals surface area (Å²) in [6.07, 6.45) is 0. The highest BCUT2D eigenvalue weighted by atomic mass is 35.5. The molecule has 14 heavy (non-hydrogen) atoms. The van der Waals surface area contributed by atoms with Crippen molar-refractivity contribution in [2.45, 2.75) is 13.8 Å². The first-order valence-electron chi connectivity index (χ1n) is 4.53. The van der Waals surface area contributed by atoms with Gasteiger partial charge in [0.05, 0.1) is 6.61 Å². The number of rotatable bonds is 4. The standard InChI is InChI=1S/C11H15ClO2/c1-8-6-10(12)9(2)11(7-8)14-5-4-13-3/h6-7H,4-5H2,1-3H3. The van der Waals surface area contributed by atoms with Crippen LogP contribution in [0, 0.1) is 13.8 Å². The molecule has 0 saturated heterocycles. The van der Waals surface area contributed by atoms with Crippen molar-refractivity contribution in [2.24, 2.45) is 0 Å². The molecule has 3 heteroatoms. The lowest BCUT2D eigenvalue weighted by atomic mass is 10.1. The van der Waals surface area contributed by atoms with Crippen LogP contribution in [0.4, 0.5) is 0 Å². The van der Waals surface area contributed by atoms with Crippen LogP contribution in [0.3, 0.4) is 0 Å². The summed E-state index contributed by atoms with van der Waals surface area (Å²) < 4.78 is 10.4. The van der Waals surface area contributed by atoms with Gasteiger partial charge in [-0.25, -0.2) is 0 Å². The fourth-order valence-corrected chi connectivity index (χ4v) is 1.43. The van der Waals surface area contributed by atoms with E-state index in [9.17, 15) is 0 Å². The molecule has 0 aliphatic rings. The molecule has 0 radical (unpaired) electrons. The summed E-state index contributed by atoms with van der Waals surface area (Å²) >= 11 is 6.02. The van der Waals surface area contributed by atoms with Gasteiger partial charge in [0.25, 0.3) is 0 Å². The largest absolute Gasteiger partial charge is 0.491 e. The monoisotopic (exact) mass is 214 g/mol. The van der Waals surface area contributed by atoms with Crippen LogP contribution < -0.4 is 4.74 Å². The third-order valence-electron chi connectivity index (χ3n) is 1.99. The fourth-order valence-electron chi connectivity index (χ4n) is 1.17. The number of hydrogen-bond acceptors (Lipinski definition) is 2. The smallest absolute Gasteiger partial charge is 0.124 e. The molecule has 0 amide bonds. The number of halogens is 1. The summed E-state index contributed by atoms with van der Waals surface area (Å²) in [7, 11) is 1.65. The van der Waals surface area contributed by atoms with E-state index in [1.807, 2.05) is 26.0 Å². The van der Waals surface area contributed by atoms with Crippen LogP contribution in [0.5, 0.6) is 5.75 Å². The molecule has 0 aliphatic heterocycles. The van der Waals surface area contributed by atoms with E-state index in [2.05, 4.69) is 0 Å². The highest BCUT2D eigenvalue weighted by Crippen LogP contribution is 2.27. The second-order valence-electron chi connectivity index (χ2n) is 3.21. The first-order chi connectivity index (χ1) is 6.65. The van der Waals surface area contributed by atoms with Crippen LogP contribution in [-0.2, 0) is 4.74 Å². The molecule has 0 heterocycles. The lowest BCUT2D eigenvalue weighted by molar-refractivity contribution is 0.146. The normalized spacial score (nSPS) is 10.3. The van der Waals surface area contributed by atoms with E-state index in [-0.39, 0.29) is 0 Å². The van der Waals surface area contributed by atoms with Crippen molar-refractivity contribution >= 4 is 11.6 Å². The van der Waals surface area contributed by atoms with Crippen LogP contribution >= 0.6 is 11.6 Å². The van der Waals surface area contributed by atoms with Gasteiger partial charge in [0.1, 0.15) is 12.4 Å². The molecule has 0 unspecified atom stereocenters. The number of hydrogen-bond donors (Lipinski definition) is 0.